The number of hydrogen-bond donors (Lipinski definition) is 0. The highest BCUT2D eigenvalue weighted by Crippen LogP contribution is 2.32. The Morgan fingerprint density at radius 3 is 1.47 bits per heavy atom. The van der Waals surface area contributed by atoms with Gasteiger partial charge in [0, 0.05) is 12.8 Å². The maximum absolute atomic E-state index is 5.75. The molecule has 1 aliphatic heterocycles. The molecule has 0 radical (unpaired) electrons. The van der Waals surface area contributed by atoms with Gasteiger partial charge in [-0.3, -0.25) is 0 Å². The van der Waals surface area contributed by atoms with E-state index in [0.29, 0.717) is 0 Å². The van der Waals surface area contributed by atoms with Crippen LogP contribution in [0.2, 0.25) is 0 Å². The Morgan fingerprint density at radius 2 is 1.05 bits per heavy atom. The van der Waals surface area contributed by atoms with Gasteiger partial charge in [-0.15, -0.1) is 0 Å². The second-order valence-electron chi connectivity index (χ2n) is 5.75. The van der Waals surface area contributed by atoms with Crippen molar-refractivity contribution >= 4 is 0 Å². The van der Waals surface area contributed by atoms with Gasteiger partial charge in [0.25, 0.3) is 0 Å². The molecule has 0 aliphatic carbocycles. The maximum atomic E-state index is 5.75. The van der Waals surface area contributed by atoms with Gasteiger partial charge in [-0.05, 0) is 12.8 Å². The van der Waals surface area contributed by atoms with Gasteiger partial charge in [-0.2, -0.15) is 0 Å². The Kier molecular flexibility index (Phi) is 8.77. The van der Waals surface area contributed by atoms with Crippen molar-refractivity contribution < 1.29 is 9.47 Å². The zero-order valence-corrected chi connectivity index (χ0v) is 13.0. The van der Waals surface area contributed by atoms with E-state index in [1.54, 1.807) is 12.5 Å². The van der Waals surface area contributed by atoms with E-state index in [1.807, 2.05) is 0 Å². The summed E-state index contributed by atoms with van der Waals surface area (Å²) < 4.78 is 11.5. The van der Waals surface area contributed by atoms with Gasteiger partial charge in [-0.25, -0.2) is 0 Å². The first kappa shape index (κ1) is 16.4. The van der Waals surface area contributed by atoms with Crippen LogP contribution in [0.25, 0.3) is 0 Å². The average Bonchev–Trinajstić information content (AvgIpc) is 2.88. The molecule has 0 aromatic heterocycles. The monoisotopic (exact) mass is 268 g/mol. The van der Waals surface area contributed by atoms with Crippen LogP contribution in [0.3, 0.4) is 0 Å². The molecule has 1 heterocycles. The fourth-order valence-corrected chi connectivity index (χ4v) is 2.69. The van der Waals surface area contributed by atoms with Crippen LogP contribution in [0.4, 0.5) is 0 Å². The van der Waals surface area contributed by atoms with Gasteiger partial charge in [-0.1, -0.05) is 65.2 Å². The van der Waals surface area contributed by atoms with Crippen LogP contribution >= 0.6 is 0 Å². The third kappa shape index (κ3) is 6.89. The number of rotatable bonds is 12. The molecule has 0 atom stereocenters. The molecule has 0 spiro atoms. The van der Waals surface area contributed by atoms with Gasteiger partial charge in [0.05, 0.1) is 0 Å². The smallest absolute Gasteiger partial charge is 0.249 e. The van der Waals surface area contributed by atoms with Crippen LogP contribution in [-0.4, -0.2) is 5.79 Å². The van der Waals surface area contributed by atoms with Gasteiger partial charge in [0.2, 0.25) is 5.79 Å². The molecule has 0 unspecified atom stereocenters. The van der Waals surface area contributed by atoms with Crippen molar-refractivity contribution in [3.63, 3.8) is 0 Å². The van der Waals surface area contributed by atoms with Crippen LogP contribution in [0, 0.1) is 0 Å². The van der Waals surface area contributed by atoms with Crippen molar-refractivity contribution in [1.29, 1.82) is 0 Å². The standard InChI is InChI=1S/C17H32O2/c1-3-5-7-9-11-13-17(18-15-16-19-17)14-12-10-8-6-4-2/h15-16H,3-14H2,1-2H3. The molecule has 0 bridgehead atoms. The lowest BCUT2D eigenvalue weighted by molar-refractivity contribution is -0.153. The zero-order chi connectivity index (χ0) is 13.8. The van der Waals surface area contributed by atoms with E-state index in [4.69, 9.17) is 9.47 Å². The molecule has 0 saturated heterocycles. The van der Waals surface area contributed by atoms with Crippen molar-refractivity contribution in [2.24, 2.45) is 0 Å². The Balaban J connectivity index is 2.14. The van der Waals surface area contributed by atoms with E-state index >= 15 is 0 Å². The van der Waals surface area contributed by atoms with Crippen LogP contribution in [0.15, 0.2) is 12.5 Å². The highest BCUT2D eigenvalue weighted by Gasteiger charge is 2.34. The molecule has 0 saturated carbocycles. The van der Waals surface area contributed by atoms with Crippen molar-refractivity contribution in [3.05, 3.63) is 12.5 Å². The van der Waals surface area contributed by atoms with E-state index < -0.39 is 0 Å². The molecule has 0 N–H and O–H groups in total. The first-order chi connectivity index (χ1) is 9.33. The summed E-state index contributed by atoms with van der Waals surface area (Å²) in [6.45, 7) is 4.51. The van der Waals surface area contributed by atoms with E-state index in [9.17, 15) is 0 Å². The van der Waals surface area contributed by atoms with Gasteiger partial charge < -0.3 is 9.47 Å². The molecule has 1 aliphatic rings. The Morgan fingerprint density at radius 1 is 0.632 bits per heavy atom. The van der Waals surface area contributed by atoms with Crippen molar-refractivity contribution in [2.45, 2.75) is 96.7 Å². The topological polar surface area (TPSA) is 18.5 Å². The van der Waals surface area contributed by atoms with E-state index in [1.165, 1.54) is 64.2 Å². The fraction of sp³-hybridized carbons (Fsp3) is 0.882. The third-order valence-electron chi connectivity index (χ3n) is 3.94. The first-order valence-corrected chi connectivity index (χ1v) is 8.33. The molecule has 0 aromatic carbocycles. The molecule has 1 rings (SSSR count). The molecular weight excluding hydrogens is 236 g/mol. The molecule has 0 fully saturated rings. The van der Waals surface area contributed by atoms with Crippen LogP contribution in [0.5, 0.6) is 0 Å². The fourth-order valence-electron chi connectivity index (χ4n) is 2.69. The summed E-state index contributed by atoms with van der Waals surface area (Å²) in [4.78, 5) is 0. The molecule has 2 nitrogen and oxygen atoms in total. The SMILES string of the molecule is CCCCCCCC1(CCCCCCC)OC=CO1. The van der Waals surface area contributed by atoms with Gasteiger partial charge in [0.15, 0.2) is 0 Å². The van der Waals surface area contributed by atoms with Crippen molar-refractivity contribution in [3.8, 4) is 0 Å². The highest BCUT2D eigenvalue weighted by atomic mass is 16.7. The average molecular weight is 268 g/mol. The summed E-state index contributed by atoms with van der Waals surface area (Å²) in [7, 11) is 0. The van der Waals surface area contributed by atoms with Crippen LogP contribution in [0.1, 0.15) is 90.9 Å². The highest BCUT2D eigenvalue weighted by molar-refractivity contribution is 4.83. The largest absolute Gasteiger partial charge is 0.457 e. The summed E-state index contributed by atoms with van der Waals surface area (Å²) in [5.41, 5.74) is 0. The van der Waals surface area contributed by atoms with E-state index in [-0.39, 0.29) is 5.79 Å². The predicted octanol–water partition coefficient (Wildman–Crippen LogP) is 5.92. The van der Waals surface area contributed by atoms with E-state index in [2.05, 4.69) is 13.8 Å². The summed E-state index contributed by atoms with van der Waals surface area (Å²) in [5, 5.41) is 0. The quantitative estimate of drug-likeness (QED) is 0.409. The number of hydrogen-bond acceptors (Lipinski definition) is 2. The normalized spacial score (nSPS) is 16.3. The molecular formula is C17H32O2. The molecule has 19 heavy (non-hydrogen) atoms. The molecule has 2 heteroatoms. The zero-order valence-electron chi connectivity index (χ0n) is 13.0. The first-order valence-electron chi connectivity index (χ1n) is 8.33. The molecule has 0 amide bonds. The minimum Gasteiger partial charge on any atom is -0.457 e. The molecule has 112 valence electrons. The summed E-state index contributed by atoms with van der Waals surface area (Å²) in [5.74, 6) is -0.321. The lowest BCUT2D eigenvalue weighted by Gasteiger charge is -2.28. The van der Waals surface area contributed by atoms with Crippen molar-refractivity contribution in [2.75, 3.05) is 0 Å². The van der Waals surface area contributed by atoms with Crippen molar-refractivity contribution in [1.82, 2.24) is 0 Å². The third-order valence-corrected chi connectivity index (χ3v) is 3.94. The second kappa shape index (κ2) is 10.2. The van der Waals surface area contributed by atoms with Crippen LogP contribution < -0.4 is 0 Å². The number of unbranched alkanes of at least 4 members (excludes halogenated alkanes) is 8. The second-order valence-corrected chi connectivity index (χ2v) is 5.75. The van der Waals surface area contributed by atoms with Gasteiger partial charge in [0.1, 0.15) is 12.5 Å². The Hall–Kier alpha value is -0.660. The Labute approximate surface area is 119 Å². The lowest BCUT2D eigenvalue weighted by Crippen LogP contribution is -2.29. The Bertz CT molecular complexity index is 211. The minimum atomic E-state index is -0.321. The summed E-state index contributed by atoms with van der Waals surface area (Å²) >= 11 is 0. The predicted molar refractivity (Wildman–Crippen MR) is 80.8 cm³/mol. The van der Waals surface area contributed by atoms with Crippen LogP contribution in [-0.2, 0) is 9.47 Å². The molecule has 0 aromatic rings. The summed E-state index contributed by atoms with van der Waals surface area (Å²) in [6, 6.07) is 0. The number of ether oxygens (including phenoxy) is 2. The lowest BCUT2D eigenvalue weighted by atomic mass is 9.99. The summed E-state index contributed by atoms with van der Waals surface area (Å²) in [6.07, 6.45) is 18.6. The van der Waals surface area contributed by atoms with Gasteiger partial charge >= 0.3 is 0 Å². The maximum Gasteiger partial charge on any atom is 0.249 e. The minimum absolute atomic E-state index is 0.321. The van der Waals surface area contributed by atoms with E-state index in [0.717, 1.165) is 12.8 Å².